The Kier molecular flexibility index (Phi) is 5.22. The number of rotatable bonds is 5. The predicted molar refractivity (Wildman–Crippen MR) is 110 cm³/mol. The fraction of sp³-hybridized carbons (Fsp3) is 0.208. The first kappa shape index (κ1) is 17.9. The summed E-state index contributed by atoms with van der Waals surface area (Å²) in [6, 6.07) is 25.2. The maximum absolute atomic E-state index is 8.28. The molecule has 26 heavy (non-hydrogen) atoms. The van der Waals surface area contributed by atoms with E-state index in [1.807, 2.05) is 12.1 Å². The van der Waals surface area contributed by atoms with Gasteiger partial charge in [-0.25, -0.2) is 0 Å². The molecule has 0 aliphatic heterocycles. The van der Waals surface area contributed by atoms with E-state index in [1.165, 1.54) is 16.7 Å². The summed E-state index contributed by atoms with van der Waals surface area (Å²) in [6.45, 7) is 6.49. The second-order valence-corrected chi connectivity index (χ2v) is 7.00. The molecule has 0 heterocycles. The summed E-state index contributed by atoms with van der Waals surface area (Å²) >= 11 is 0. The van der Waals surface area contributed by atoms with Gasteiger partial charge in [0.25, 0.3) is 0 Å². The fourth-order valence-electron chi connectivity index (χ4n) is 3.68. The first-order valence-corrected chi connectivity index (χ1v) is 9.07. The van der Waals surface area contributed by atoms with E-state index in [1.54, 1.807) is 0 Å². The molecule has 0 bridgehead atoms. The van der Waals surface area contributed by atoms with Gasteiger partial charge in [-0.05, 0) is 29.2 Å². The molecule has 3 aromatic carbocycles. The Hall–Kier alpha value is -2.87. The molecule has 3 aromatic rings. The van der Waals surface area contributed by atoms with Crippen LogP contribution in [0.5, 0.6) is 0 Å². The number of amidine groups is 1. The van der Waals surface area contributed by atoms with E-state index < -0.39 is 0 Å². The molecule has 0 fully saturated rings. The average molecular weight is 342 g/mol. The van der Waals surface area contributed by atoms with E-state index in [0.29, 0.717) is 0 Å². The Bertz CT molecular complexity index is 832. The third kappa shape index (κ3) is 3.55. The minimum atomic E-state index is 0.139. The van der Waals surface area contributed by atoms with Gasteiger partial charge >= 0.3 is 0 Å². The largest absolute Gasteiger partial charge is 0.384 e. The standard InChI is InChI=1S/C24H26N2/c1-16-14-21(17(2)19-10-6-4-7-11-19)23(24(25)26)22(15-16)18(3)20-12-8-5-9-13-20/h4-15,17-18H,1-3H3,(H3,25,26)/t17-,18-/m1/s1. The zero-order valence-corrected chi connectivity index (χ0v) is 15.7. The molecule has 0 unspecified atom stereocenters. The molecule has 2 atom stereocenters. The third-order valence-electron chi connectivity index (χ3n) is 5.15. The molecule has 2 heteroatoms. The van der Waals surface area contributed by atoms with Gasteiger partial charge in [0.2, 0.25) is 0 Å². The zero-order chi connectivity index (χ0) is 18.7. The number of nitrogens with one attached hydrogen (secondary N) is 1. The van der Waals surface area contributed by atoms with Gasteiger partial charge in [0.05, 0.1) is 0 Å². The molecule has 3 rings (SSSR count). The van der Waals surface area contributed by atoms with Crippen LogP contribution in [0.2, 0.25) is 0 Å². The minimum absolute atomic E-state index is 0.139. The summed E-state index contributed by atoms with van der Waals surface area (Å²) in [7, 11) is 0. The van der Waals surface area contributed by atoms with E-state index in [4.69, 9.17) is 11.1 Å². The Labute approximate surface area is 156 Å². The lowest BCUT2D eigenvalue weighted by atomic mass is 9.81. The normalized spacial score (nSPS) is 13.2. The highest BCUT2D eigenvalue weighted by Crippen LogP contribution is 2.35. The number of hydrogen-bond acceptors (Lipinski definition) is 1. The number of nitrogen functional groups attached to an aromatic ring is 1. The van der Waals surface area contributed by atoms with Crippen molar-refractivity contribution in [3.63, 3.8) is 0 Å². The molecule has 0 radical (unpaired) electrons. The van der Waals surface area contributed by atoms with Gasteiger partial charge < -0.3 is 5.73 Å². The summed E-state index contributed by atoms with van der Waals surface area (Å²) in [5.41, 5.74) is 12.9. The summed E-state index contributed by atoms with van der Waals surface area (Å²) in [5.74, 6) is 0.494. The first-order chi connectivity index (χ1) is 12.5. The van der Waals surface area contributed by atoms with Crippen molar-refractivity contribution in [1.29, 1.82) is 5.41 Å². The monoisotopic (exact) mass is 342 g/mol. The molecule has 0 aromatic heterocycles. The predicted octanol–water partition coefficient (Wildman–Crippen LogP) is 5.58. The summed E-state index contributed by atoms with van der Waals surface area (Å²) < 4.78 is 0. The Morgan fingerprint density at radius 3 is 1.50 bits per heavy atom. The SMILES string of the molecule is Cc1cc([C@H](C)c2ccccc2)c(C(=N)N)c([C@H](C)c2ccccc2)c1. The summed E-state index contributed by atoms with van der Waals surface area (Å²) in [4.78, 5) is 0. The van der Waals surface area contributed by atoms with Crippen molar-refractivity contribution >= 4 is 5.84 Å². The van der Waals surface area contributed by atoms with E-state index in [-0.39, 0.29) is 17.7 Å². The quantitative estimate of drug-likeness (QED) is 0.461. The van der Waals surface area contributed by atoms with E-state index in [0.717, 1.165) is 16.7 Å². The van der Waals surface area contributed by atoms with Crippen LogP contribution >= 0.6 is 0 Å². The summed E-state index contributed by atoms with van der Waals surface area (Å²) in [6.07, 6.45) is 0. The van der Waals surface area contributed by atoms with Crippen molar-refractivity contribution in [1.82, 2.24) is 0 Å². The molecule has 0 aliphatic rings. The molecule has 2 nitrogen and oxygen atoms in total. The van der Waals surface area contributed by atoms with Crippen molar-refractivity contribution in [3.05, 3.63) is 106 Å². The lowest BCUT2D eigenvalue weighted by Crippen LogP contribution is -2.20. The molecule has 0 aliphatic carbocycles. The van der Waals surface area contributed by atoms with Crippen LogP contribution in [0.4, 0.5) is 0 Å². The summed E-state index contributed by atoms with van der Waals surface area (Å²) in [5, 5.41) is 8.28. The van der Waals surface area contributed by atoms with E-state index in [2.05, 4.69) is 81.4 Å². The Morgan fingerprint density at radius 2 is 1.15 bits per heavy atom. The average Bonchev–Trinajstić information content (AvgIpc) is 2.67. The molecule has 0 amide bonds. The maximum Gasteiger partial charge on any atom is 0.123 e. The lowest BCUT2D eigenvalue weighted by molar-refractivity contribution is 0.876. The number of aryl methyl sites for hydroxylation is 1. The van der Waals surface area contributed by atoms with Crippen molar-refractivity contribution < 1.29 is 0 Å². The van der Waals surface area contributed by atoms with Gasteiger partial charge in [0.15, 0.2) is 0 Å². The zero-order valence-electron chi connectivity index (χ0n) is 15.7. The molecule has 3 N–H and O–H groups in total. The first-order valence-electron chi connectivity index (χ1n) is 9.07. The molecule has 132 valence electrons. The molecule has 0 spiro atoms. The third-order valence-corrected chi connectivity index (χ3v) is 5.15. The molecule has 0 saturated carbocycles. The highest BCUT2D eigenvalue weighted by atomic mass is 14.7. The smallest absolute Gasteiger partial charge is 0.123 e. The van der Waals surface area contributed by atoms with Crippen molar-refractivity contribution in [2.24, 2.45) is 5.73 Å². The van der Waals surface area contributed by atoms with E-state index >= 15 is 0 Å². The van der Waals surface area contributed by atoms with Crippen LogP contribution < -0.4 is 5.73 Å². The van der Waals surface area contributed by atoms with Crippen LogP contribution in [0.1, 0.15) is 59.1 Å². The van der Waals surface area contributed by atoms with Gasteiger partial charge in [0, 0.05) is 17.4 Å². The van der Waals surface area contributed by atoms with Crippen molar-refractivity contribution in [3.8, 4) is 0 Å². The number of nitrogens with two attached hydrogens (primary N) is 1. The van der Waals surface area contributed by atoms with Crippen LogP contribution in [0.15, 0.2) is 72.8 Å². The molecular weight excluding hydrogens is 316 g/mol. The maximum atomic E-state index is 8.28. The second-order valence-electron chi connectivity index (χ2n) is 7.00. The lowest BCUT2D eigenvalue weighted by Gasteiger charge is -2.24. The van der Waals surface area contributed by atoms with Crippen LogP contribution in [-0.2, 0) is 0 Å². The van der Waals surface area contributed by atoms with Crippen LogP contribution in [0, 0.1) is 12.3 Å². The van der Waals surface area contributed by atoms with Crippen molar-refractivity contribution in [2.45, 2.75) is 32.6 Å². The van der Waals surface area contributed by atoms with Crippen molar-refractivity contribution in [2.75, 3.05) is 0 Å². The van der Waals surface area contributed by atoms with Crippen LogP contribution in [0.3, 0.4) is 0 Å². The van der Waals surface area contributed by atoms with Gasteiger partial charge in [-0.3, -0.25) is 5.41 Å². The Balaban J connectivity index is 2.17. The van der Waals surface area contributed by atoms with Crippen LogP contribution in [0.25, 0.3) is 0 Å². The second kappa shape index (κ2) is 7.57. The fourth-order valence-corrected chi connectivity index (χ4v) is 3.68. The van der Waals surface area contributed by atoms with E-state index in [9.17, 15) is 0 Å². The van der Waals surface area contributed by atoms with Gasteiger partial charge in [-0.2, -0.15) is 0 Å². The molecular formula is C24H26N2. The Morgan fingerprint density at radius 1 is 0.769 bits per heavy atom. The number of hydrogen-bond donors (Lipinski definition) is 2. The van der Waals surface area contributed by atoms with Gasteiger partial charge in [0.1, 0.15) is 5.84 Å². The van der Waals surface area contributed by atoms with Gasteiger partial charge in [-0.15, -0.1) is 0 Å². The van der Waals surface area contributed by atoms with Gasteiger partial charge in [-0.1, -0.05) is 92.2 Å². The highest BCUT2D eigenvalue weighted by molar-refractivity contribution is 5.98. The topological polar surface area (TPSA) is 49.9 Å². The van der Waals surface area contributed by atoms with Crippen LogP contribution in [-0.4, -0.2) is 5.84 Å². The number of benzene rings is 3. The molecule has 0 saturated heterocycles. The highest BCUT2D eigenvalue weighted by Gasteiger charge is 2.22. The minimum Gasteiger partial charge on any atom is -0.384 e.